The highest BCUT2D eigenvalue weighted by Crippen LogP contribution is 2.56. The van der Waals surface area contributed by atoms with Crippen molar-refractivity contribution in [2.45, 2.75) is 128 Å². The van der Waals surface area contributed by atoms with Crippen LogP contribution in [-0.2, 0) is 21.7 Å². The molecule has 0 spiro atoms. The molecule has 2 fully saturated rings. The predicted molar refractivity (Wildman–Crippen MR) is 249 cm³/mol. The Balaban J connectivity index is 1.18. The minimum absolute atomic E-state index is 0.00530. The maximum Gasteiger partial charge on any atom is 0.121 e. The highest BCUT2D eigenvalue weighted by molar-refractivity contribution is 5.51. The molecule has 318 valence electrons. The largest absolute Gasteiger partial charge is 0.496 e. The van der Waals surface area contributed by atoms with Gasteiger partial charge in [0.25, 0.3) is 0 Å². The average molecular weight is 807 g/mol. The van der Waals surface area contributed by atoms with Gasteiger partial charge in [0.05, 0.1) is 28.4 Å². The molecule has 0 N–H and O–H groups in total. The van der Waals surface area contributed by atoms with Gasteiger partial charge in [-0.25, -0.2) is 0 Å². The van der Waals surface area contributed by atoms with Crippen LogP contribution < -0.4 is 18.9 Å². The van der Waals surface area contributed by atoms with Gasteiger partial charge in [-0.15, -0.1) is 0 Å². The molecule has 0 amide bonds. The maximum absolute atomic E-state index is 5.72. The second kappa shape index (κ2) is 17.0. The Bertz CT molecular complexity index is 2020. The summed E-state index contributed by atoms with van der Waals surface area (Å²) in [5, 5.41) is 0. The molecule has 0 aliphatic heterocycles. The highest BCUT2D eigenvalue weighted by Gasteiger charge is 2.47. The van der Waals surface area contributed by atoms with E-state index in [0.717, 1.165) is 74.4 Å². The van der Waals surface area contributed by atoms with Crippen molar-refractivity contribution >= 4 is 0 Å². The molecule has 0 radical (unpaired) electrons. The molecule has 60 heavy (non-hydrogen) atoms. The molecule has 0 heterocycles. The summed E-state index contributed by atoms with van der Waals surface area (Å²) in [6.07, 6.45) is 9.04. The Kier molecular flexibility index (Phi) is 12.3. The normalized spacial score (nSPS) is 17.3. The molecule has 2 aliphatic rings. The summed E-state index contributed by atoms with van der Waals surface area (Å²) in [5.74, 6) is 4.90. The van der Waals surface area contributed by atoms with E-state index in [1.807, 2.05) is 0 Å². The predicted octanol–water partition coefficient (Wildman–Crippen LogP) is 13.9. The summed E-state index contributed by atoms with van der Waals surface area (Å²) in [6.45, 7) is 18.9. The maximum atomic E-state index is 5.72. The number of ether oxygens (including phenoxy) is 4. The average Bonchev–Trinajstić information content (AvgIpc) is 3.26. The van der Waals surface area contributed by atoms with Gasteiger partial charge in [-0.2, -0.15) is 0 Å². The third kappa shape index (κ3) is 7.62. The van der Waals surface area contributed by atoms with Gasteiger partial charge in [0, 0.05) is 10.8 Å². The van der Waals surface area contributed by atoms with E-state index in [4.69, 9.17) is 18.9 Å². The first kappa shape index (κ1) is 43.4. The summed E-state index contributed by atoms with van der Waals surface area (Å²) in [4.78, 5) is 0. The quantitative estimate of drug-likeness (QED) is 0.126. The minimum atomic E-state index is -0.0706. The molecular formula is C56H70O4. The van der Waals surface area contributed by atoms with Crippen molar-refractivity contribution in [1.29, 1.82) is 0 Å². The molecule has 0 saturated heterocycles. The first-order chi connectivity index (χ1) is 28.6. The fourth-order valence-corrected chi connectivity index (χ4v) is 11.9. The lowest BCUT2D eigenvalue weighted by Gasteiger charge is -2.49. The van der Waals surface area contributed by atoms with Crippen molar-refractivity contribution in [3.63, 3.8) is 0 Å². The Labute approximate surface area is 362 Å². The van der Waals surface area contributed by atoms with Crippen molar-refractivity contribution in [2.24, 2.45) is 11.8 Å². The summed E-state index contributed by atoms with van der Waals surface area (Å²) in [7, 11) is 7.08. The van der Waals surface area contributed by atoms with Crippen LogP contribution in [-0.4, -0.2) is 28.4 Å². The van der Waals surface area contributed by atoms with Crippen molar-refractivity contribution in [3.05, 3.63) is 153 Å². The van der Waals surface area contributed by atoms with Gasteiger partial charge in [0.15, 0.2) is 0 Å². The van der Waals surface area contributed by atoms with Gasteiger partial charge in [-0.3, -0.25) is 0 Å². The lowest BCUT2D eigenvalue weighted by Crippen LogP contribution is -2.42. The van der Waals surface area contributed by atoms with Crippen LogP contribution >= 0.6 is 0 Å². The number of aryl methyl sites for hydroxylation is 4. The van der Waals surface area contributed by atoms with Gasteiger partial charge >= 0.3 is 0 Å². The fraction of sp³-hybridized carbons (Fsp3) is 0.464. The van der Waals surface area contributed by atoms with Crippen LogP contribution in [0, 0.1) is 39.5 Å². The SMILES string of the molecule is COc1ccc(C2(c3ccc(OC)c(C)c3)CCC(C(C)(C)c3ccccc3C(C)(C)C3CCC(c4ccc(OC)c(C)c4)(c4ccc(OC)c(C)c4)CC3)CC2)cc1C. The van der Waals surface area contributed by atoms with Crippen LogP contribution in [0.5, 0.6) is 23.0 Å². The molecule has 7 rings (SSSR count). The lowest BCUT2D eigenvalue weighted by atomic mass is 9.55. The molecule has 0 unspecified atom stereocenters. The third-order valence-corrected chi connectivity index (χ3v) is 15.8. The Morgan fingerprint density at radius 3 is 0.867 bits per heavy atom. The molecule has 2 aliphatic carbocycles. The summed E-state index contributed by atoms with van der Waals surface area (Å²) >= 11 is 0. The van der Waals surface area contributed by atoms with Gasteiger partial charge in [0.1, 0.15) is 23.0 Å². The van der Waals surface area contributed by atoms with E-state index in [0.29, 0.717) is 11.8 Å². The van der Waals surface area contributed by atoms with Crippen LogP contribution in [0.4, 0.5) is 0 Å². The number of hydrogen-bond donors (Lipinski definition) is 0. The first-order valence-electron chi connectivity index (χ1n) is 22.4. The van der Waals surface area contributed by atoms with E-state index in [1.54, 1.807) is 28.4 Å². The summed E-state index contributed by atoms with van der Waals surface area (Å²) in [6, 6.07) is 37.0. The summed E-state index contributed by atoms with van der Waals surface area (Å²) in [5.41, 5.74) is 13.3. The van der Waals surface area contributed by atoms with E-state index in [1.165, 1.54) is 55.6 Å². The van der Waals surface area contributed by atoms with Crippen LogP contribution in [0.2, 0.25) is 0 Å². The van der Waals surface area contributed by atoms with Gasteiger partial charge in [-0.05, 0) is 182 Å². The van der Waals surface area contributed by atoms with Crippen LogP contribution in [0.1, 0.15) is 135 Å². The molecular weight excluding hydrogens is 737 g/mol. The highest BCUT2D eigenvalue weighted by atomic mass is 16.5. The Morgan fingerprint density at radius 2 is 0.650 bits per heavy atom. The van der Waals surface area contributed by atoms with Gasteiger partial charge in [-0.1, -0.05) is 100 Å². The Morgan fingerprint density at radius 1 is 0.400 bits per heavy atom. The molecule has 5 aromatic rings. The van der Waals surface area contributed by atoms with E-state index >= 15 is 0 Å². The smallest absolute Gasteiger partial charge is 0.121 e. The second-order valence-corrected chi connectivity index (χ2v) is 19.4. The van der Waals surface area contributed by atoms with Crippen molar-refractivity contribution < 1.29 is 18.9 Å². The van der Waals surface area contributed by atoms with Crippen molar-refractivity contribution in [1.82, 2.24) is 0 Å². The lowest BCUT2D eigenvalue weighted by molar-refractivity contribution is 0.173. The number of methoxy groups -OCH3 is 4. The monoisotopic (exact) mass is 807 g/mol. The zero-order valence-corrected chi connectivity index (χ0v) is 38.7. The van der Waals surface area contributed by atoms with Crippen LogP contribution in [0.25, 0.3) is 0 Å². The van der Waals surface area contributed by atoms with Crippen LogP contribution in [0.15, 0.2) is 97.1 Å². The standard InChI is InChI=1S/C56H70O4/c1-37-33-43(17-21-49(37)57-9)55(44-18-22-50(58-10)38(2)34-44)29-25-41(26-30-55)53(5,6)47-15-13-14-16-48(47)54(7,8)42-27-31-56(32-28-42,45-19-23-51(59-11)39(3)35-45)46-20-24-52(60-12)40(4)36-46/h13-24,33-36,41-42H,25-32H2,1-12H3. The number of benzene rings is 5. The molecule has 0 aromatic heterocycles. The number of rotatable bonds is 12. The van der Waals surface area contributed by atoms with E-state index in [9.17, 15) is 0 Å². The van der Waals surface area contributed by atoms with Crippen LogP contribution in [0.3, 0.4) is 0 Å². The molecule has 4 heteroatoms. The molecule has 5 aromatic carbocycles. The molecule has 4 nitrogen and oxygen atoms in total. The van der Waals surface area contributed by atoms with Gasteiger partial charge < -0.3 is 18.9 Å². The van der Waals surface area contributed by atoms with E-state index in [-0.39, 0.29) is 21.7 Å². The zero-order chi connectivity index (χ0) is 43.0. The zero-order valence-electron chi connectivity index (χ0n) is 38.7. The van der Waals surface area contributed by atoms with Crippen molar-refractivity contribution in [2.75, 3.05) is 28.4 Å². The van der Waals surface area contributed by atoms with E-state index in [2.05, 4.69) is 152 Å². The fourth-order valence-electron chi connectivity index (χ4n) is 11.9. The topological polar surface area (TPSA) is 36.9 Å². The third-order valence-electron chi connectivity index (χ3n) is 15.8. The molecule has 2 saturated carbocycles. The minimum Gasteiger partial charge on any atom is -0.496 e. The summed E-state index contributed by atoms with van der Waals surface area (Å²) < 4.78 is 22.9. The Hall–Kier alpha value is -4.70. The van der Waals surface area contributed by atoms with E-state index < -0.39 is 0 Å². The number of hydrogen-bond acceptors (Lipinski definition) is 4. The van der Waals surface area contributed by atoms with Gasteiger partial charge in [0.2, 0.25) is 0 Å². The molecule has 0 atom stereocenters. The first-order valence-corrected chi connectivity index (χ1v) is 22.4. The van der Waals surface area contributed by atoms with Crippen molar-refractivity contribution in [3.8, 4) is 23.0 Å². The second-order valence-electron chi connectivity index (χ2n) is 19.4. The molecule has 0 bridgehead atoms.